The van der Waals surface area contributed by atoms with Crippen molar-refractivity contribution < 1.29 is 14.4 Å². The van der Waals surface area contributed by atoms with Crippen molar-refractivity contribution in [3.63, 3.8) is 0 Å². The van der Waals surface area contributed by atoms with Gasteiger partial charge in [-0.15, -0.1) is 0 Å². The average molecular weight is 366 g/mol. The van der Waals surface area contributed by atoms with Gasteiger partial charge in [0.2, 0.25) is 5.91 Å². The molecule has 1 N–H and O–H groups in total. The molecule has 148 valence electrons. The molecule has 2 rings (SSSR count). The number of hydrogen-bond acceptors (Lipinski definition) is 3. The molecular weight excluding hydrogens is 330 g/mol. The van der Waals surface area contributed by atoms with Gasteiger partial charge in [-0.3, -0.25) is 14.4 Å². The van der Waals surface area contributed by atoms with Crippen LogP contribution in [0.4, 0.5) is 0 Å². The first-order valence-electron chi connectivity index (χ1n) is 10.4. The Balaban J connectivity index is 1.79. The third kappa shape index (κ3) is 6.96. The Bertz CT molecular complexity index is 461. The van der Waals surface area contributed by atoms with E-state index in [1.807, 2.05) is 0 Å². The number of carbonyl (C=O) groups is 3. The van der Waals surface area contributed by atoms with E-state index in [-0.39, 0.29) is 11.9 Å². The van der Waals surface area contributed by atoms with Gasteiger partial charge in [-0.25, -0.2) is 0 Å². The molecule has 1 aliphatic heterocycles. The van der Waals surface area contributed by atoms with Gasteiger partial charge in [0.1, 0.15) is 0 Å². The molecule has 26 heavy (non-hydrogen) atoms. The van der Waals surface area contributed by atoms with Crippen LogP contribution in [0, 0.1) is 0 Å². The van der Waals surface area contributed by atoms with Crippen molar-refractivity contribution in [1.29, 1.82) is 0 Å². The van der Waals surface area contributed by atoms with E-state index in [4.69, 9.17) is 0 Å². The molecule has 6 heteroatoms. The molecule has 1 saturated carbocycles. The zero-order valence-electron chi connectivity index (χ0n) is 16.3. The van der Waals surface area contributed by atoms with Crippen molar-refractivity contribution in [2.75, 3.05) is 26.2 Å². The predicted molar refractivity (Wildman–Crippen MR) is 102 cm³/mol. The molecule has 0 unspecified atom stereocenters. The van der Waals surface area contributed by atoms with E-state index >= 15 is 0 Å². The largest absolute Gasteiger partial charge is 0.345 e. The normalized spacial score (nSPS) is 21.4. The lowest BCUT2D eigenvalue weighted by Gasteiger charge is -2.34. The zero-order chi connectivity index (χ0) is 18.8. The van der Waals surface area contributed by atoms with Crippen molar-refractivity contribution in [2.24, 2.45) is 0 Å². The summed E-state index contributed by atoms with van der Waals surface area (Å²) in [6.45, 7) is 3.44. The van der Waals surface area contributed by atoms with Gasteiger partial charge < -0.3 is 15.1 Å². The molecule has 0 aromatic carbocycles. The third-order valence-corrected chi connectivity index (χ3v) is 5.65. The molecule has 0 aromatic heterocycles. The van der Waals surface area contributed by atoms with Gasteiger partial charge in [-0.2, -0.15) is 0 Å². The molecule has 1 aliphatic carbocycles. The fraction of sp³-hybridized carbons (Fsp3) is 0.850. The highest BCUT2D eigenvalue weighted by Gasteiger charge is 2.28. The quantitative estimate of drug-likeness (QED) is 0.726. The van der Waals surface area contributed by atoms with E-state index in [0.29, 0.717) is 26.2 Å². The maximum Gasteiger partial charge on any atom is 0.312 e. The number of nitrogens with zero attached hydrogens (tertiary/aromatic N) is 2. The summed E-state index contributed by atoms with van der Waals surface area (Å²) in [6.07, 6.45) is 13.2. The van der Waals surface area contributed by atoms with E-state index in [2.05, 4.69) is 5.32 Å². The van der Waals surface area contributed by atoms with Crippen LogP contribution in [-0.4, -0.2) is 59.7 Å². The first kappa shape index (κ1) is 20.7. The predicted octanol–water partition coefficient (Wildman–Crippen LogP) is 2.47. The number of hydrogen-bond donors (Lipinski definition) is 1. The highest BCUT2D eigenvalue weighted by Crippen LogP contribution is 2.17. The molecule has 0 aromatic rings. The monoisotopic (exact) mass is 365 g/mol. The van der Waals surface area contributed by atoms with Gasteiger partial charge in [-0.1, -0.05) is 57.8 Å². The lowest BCUT2D eigenvalue weighted by atomic mass is 9.98. The number of piperazine rings is 1. The number of carbonyl (C=O) groups excluding carboxylic acids is 3. The molecule has 0 spiro atoms. The summed E-state index contributed by atoms with van der Waals surface area (Å²) in [5, 5.41) is 2.99. The van der Waals surface area contributed by atoms with Gasteiger partial charge >= 0.3 is 11.8 Å². The lowest BCUT2D eigenvalue weighted by molar-refractivity contribution is -0.148. The second-order valence-corrected chi connectivity index (χ2v) is 7.73. The van der Waals surface area contributed by atoms with Crippen molar-refractivity contribution in [1.82, 2.24) is 15.1 Å². The summed E-state index contributed by atoms with van der Waals surface area (Å²) in [4.78, 5) is 39.5. The Hall–Kier alpha value is -1.59. The Morgan fingerprint density at radius 1 is 0.692 bits per heavy atom. The van der Waals surface area contributed by atoms with Crippen molar-refractivity contribution in [2.45, 2.75) is 83.6 Å². The van der Waals surface area contributed by atoms with Crippen molar-refractivity contribution in [3.05, 3.63) is 0 Å². The Labute approximate surface area is 157 Å². The van der Waals surface area contributed by atoms with Crippen LogP contribution >= 0.6 is 0 Å². The van der Waals surface area contributed by atoms with Crippen LogP contribution in [-0.2, 0) is 14.4 Å². The molecule has 1 heterocycles. The zero-order valence-corrected chi connectivity index (χ0v) is 16.3. The molecule has 3 amide bonds. The SMILES string of the molecule is CC(=O)N1CCN(C(=O)C(=O)NC2CCCCCCCCCCC2)CC1. The summed E-state index contributed by atoms with van der Waals surface area (Å²) in [5.74, 6) is -0.896. The first-order chi connectivity index (χ1) is 12.6. The minimum Gasteiger partial charge on any atom is -0.345 e. The highest BCUT2D eigenvalue weighted by atomic mass is 16.2. The molecule has 1 saturated heterocycles. The average Bonchev–Trinajstić information content (AvgIpc) is 2.63. The van der Waals surface area contributed by atoms with Crippen molar-refractivity contribution in [3.8, 4) is 0 Å². The molecule has 2 fully saturated rings. The Morgan fingerprint density at radius 2 is 1.12 bits per heavy atom. The van der Waals surface area contributed by atoms with Gasteiger partial charge in [-0.05, 0) is 12.8 Å². The van der Waals surface area contributed by atoms with E-state index in [1.165, 1.54) is 51.9 Å². The first-order valence-corrected chi connectivity index (χ1v) is 10.4. The maximum atomic E-state index is 12.4. The minimum absolute atomic E-state index is 0.0229. The van der Waals surface area contributed by atoms with Crippen LogP contribution in [0.1, 0.15) is 77.6 Å². The summed E-state index contributed by atoms with van der Waals surface area (Å²) < 4.78 is 0. The Morgan fingerprint density at radius 3 is 1.58 bits per heavy atom. The third-order valence-electron chi connectivity index (χ3n) is 5.65. The van der Waals surface area contributed by atoms with E-state index < -0.39 is 11.8 Å². The molecule has 0 bridgehead atoms. The summed E-state index contributed by atoms with van der Waals surface area (Å²) in [7, 11) is 0. The van der Waals surface area contributed by atoms with E-state index in [9.17, 15) is 14.4 Å². The molecule has 0 radical (unpaired) electrons. The van der Waals surface area contributed by atoms with E-state index in [0.717, 1.165) is 25.7 Å². The van der Waals surface area contributed by atoms with Crippen LogP contribution in [0.5, 0.6) is 0 Å². The van der Waals surface area contributed by atoms with Crippen LogP contribution in [0.25, 0.3) is 0 Å². The topological polar surface area (TPSA) is 69.7 Å². The highest BCUT2D eigenvalue weighted by molar-refractivity contribution is 6.35. The van der Waals surface area contributed by atoms with Crippen LogP contribution < -0.4 is 5.32 Å². The van der Waals surface area contributed by atoms with Gasteiger partial charge in [0.05, 0.1) is 0 Å². The van der Waals surface area contributed by atoms with Gasteiger partial charge in [0, 0.05) is 39.1 Å². The summed E-state index contributed by atoms with van der Waals surface area (Å²) in [5.41, 5.74) is 0. The Kier molecular flexibility index (Phi) is 8.92. The maximum absolute atomic E-state index is 12.4. The van der Waals surface area contributed by atoms with Gasteiger partial charge in [0.15, 0.2) is 0 Å². The smallest absolute Gasteiger partial charge is 0.312 e. The molecule has 0 atom stereocenters. The lowest BCUT2D eigenvalue weighted by Crippen LogP contribution is -2.54. The minimum atomic E-state index is -0.474. The van der Waals surface area contributed by atoms with Crippen LogP contribution in [0.15, 0.2) is 0 Å². The second kappa shape index (κ2) is 11.2. The number of nitrogens with one attached hydrogen (secondary N) is 1. The molecular formula is C20H35N3O3. The summed E-state index contributed by atoms with van der Waals surface area (Å²) in [6, 6.07) is 0.115. The van der Waals surface area contributed by atoms with Crippen LogP contribution in [0.2, 0.25) is 0 Å². The molecule has 2 aliphatic rings. The van der Waals surface area contributed by atoms with Gasteiger partial charge in [0.25, 0.3) is 0 Å². The second-order valence-electron chi connectivity index (χ2n) is 7.73. The fourth-order valence-corrected chi connectivity index (χ4v) is 3.92. The standard InChI is InChI=1S/C20H35N3O3/c1-17(24)22-13-15-23(16-14-22)20(26)19(25)21-18-11-9-7-5-3-2-4-6-8-10-12-18/h18H,2-16H2,1H3,(H,21,25). The number of rotatable bonds is 1. The fourth-order valence-electron chi connectivity index (χ4n) is 3.92. The summed E-state index contributed by atoms with van der Waals surface area (Å²) >= 11 is 0. The van der Waals surface area contributed by atoms with E-state index in [1.54, 1.807) is 9.80 Å². The molecule has 6 nitrogen and oxygen atoms in total. The van der Waals surface area contributed by atoms with Crippen molar-refractivity contribution >= 4 is 17.7 Å². The number of amides is 3. The van der Waals surface area contributed by atoms with Crippen LogP contribution in [0.3, 0.4) is 0 Å².